The molecule has 0 unspecified atom stereocenters. The van der Waals surface area contributed by atoms with Gasteiger partial charge < -0.3 is 18.8 Å². The monoisotopic (exact) mass is 476 g/mol. The van der Waals surface area contributed by atoms with Gasteiger partial charge in [-0.25, -0.2) is 0 Å². The molecule has 0 aliphatic rings. The molecule has 0 saturated carbocycles. The minimum Gasteiger partial charge on any atom is -0.492 e. The lowest BCUT2D eigenvalue weighted by molar-refractivity contribution is -0.143. The normalized spacial score (nSPS) is 11.4. The summed E-state index contributed by atoms with van der Waals surface area (Å²) >= 11 is 1.31. The van der Waals surface area contributed by atoms with Gasteiger partial charge in [0.1, 0.15) is 29.3 Å². The smallest absolute Gasteiger partial charge is 0.326 e. The van der Waals surface area contributed by atoms with Crippen LogP contribution >= 0.6 is 11.3 Å². The van der Waals surface area contributed by atoms with Crippen molar-refractivity contribution in [2.45, 2.75) is 20.4 Å². The van der Waals surface area contributed by atoms with E-state index in [0.29, 0.717) is 39.7 Å². The van der Waals surface area contributed by atoms with Gasteiger partial charge in [-0.1, -0.05) is 41.7 Å². The SMILES string of the molecule is CCOC(=O)Cn1c(=NC(=O)c2cccc(Oc3ccccc3)c2)sc2cccc(OCC)c21. The van der Waals surface area contributed by atoms with Crippen molar-refractivity contribution in [2.75, 3.05) is 13.2 Å². The van der Waals surface area contributed by atoms with Gasteiger partial charge in [0.15, 0.2) is 4.80 Å². The van der Waals surface area contributed by atoms with E-state index in [1.165, 1.54) is 11.3 Å². The number of hydrogen-bond acceptors (Lipinski definition) is 6. The van der Waals surface area contributed by atoms with Crippen molar-refractivity contribution in [3.63, 3.8) is 0 Å². The van der Waals surface area contributed by atoms with E-state index in [9.17, 15) is 9.59 Å². The Balaban J connectivity index is 1.74. The van der Waals surface area contributed by atoms with Crippen LogP contribution in [0.5, 0.6) is 17.2 Å². The summed E-state index contributed by atoms with van der Waals surface area (Å²) < 4.78 is 19.3. The standard InChI is InChI=1S/C26H24N2O5S/c1-3-31-21-14-9-15-22-24(21)28(17-23(29)32-4-2)26(34-22)27-25(30)18-10-8-13-20(16-18)33-19-11-6-5-7-12-19/h5-16H,3-4,17H2,1-2H3. The van der Waals surface area contributed by atoms with E-state index in [1.54, 1.807) is 35.8 Å². The Morgan fingerprint density at radius 3 is 2.44 bits per heavy atom. The molecule has 34 heavy (non-hydrogen) atoms. The molecule has 0 N–H and O–H groups in total. The molecule has 0 atom stereocenters. The van der Waals surface area contributed by atoms with Crippen molar-refractivity contribution >= 4 is 33.4 Å². The Labute approximate surface area is 200 Å². The molecule has 0 aliphatic carbocycles. The van der Waals surface area contributed by atoms with Crippen LogP contribution in [0.3, 0.4) is 0 Å². The van der Waals surface area contributed by atoms with Crippen LogP contribution < -0.4 is 14.3 Å². The van der Waals surface area contributed by atoms with Crippen molar-refractivity contribution in [2.24, 2.45) is 4.99 Å². The number of nitrogens with zero attached hydrogens (tertiary/aromatic N) is 2. The summed E-state index contributed by atoms with van der Waals surface area (Å²) in [6, 6.07) is 21.8. The molecule has 174 valence electrons. The Morgan fingerprint density at radius 2 is 1.68 bits per heavy atom. The molecule has 0 radical (unpaired) electrons. The molecule has 7 nitrogen and oxygen atoms in total. The third-order valence-electron chi connectivity index (χ3n) is 4.81. The highest BCUT2D eigenvalue weighted by molar-refractivity contribution is 7.16. The number of ether oxygens (including phenoxy) is 3. The van der Waals surface area contributed by atoms with Crippen LogP contribution in [0.15, 0.2) is 77.8 Å². The van der Waals surface area contributed by atoms with Crippen LogP contribution in [-0.4, -0.2) is 29.7 Å². The number of esters is 1. The summed E-state index contributed by atoms with van der Waals surface area (Å²) in [4.78, 5) is 30.2. The zero-order valence-corrected chi connectivity index (χ0v) is 19.7. The number of aromatic nitrogens is 1. The minimum atomic E-state index is -0.444. The molecule has 1 heterocycles. The average molecular weight is 477 g/mol. The van der Waals surface area contributed by atoms with Crippen LogP contribution in [0.1, 0.15) is 24.2 Å². The van der Waals surface area contributed by atoms with Gasteiger partial charge in [0, 0.05) is 5.56 Å². The zero-order valence-electron chi connectivity index (χ0n) is 18.9. The van der Waals surface area contributed by atoms with Gasteiger partial charge >= 0.3 is 5.97 Å². The number of fused-ring (bicyclic) bond motifs is 1. The number of carbonyl (C=O) groups excluding carboxylic acids is 2. The van der Waals surface area contributed by atoms with E-state index >= 15 is 0 Å². The molecule has 0 fully saturated rings. The molecule has 0 aliphatic heterocycles. The Morgan fingerprint density at radius 1 is 0.912 bits per heavy atom. The maximum atomic E-state index is 13.1. The molecular formula is C26H24N2O5S. The van der Waals surface area contributed by atoms with Crippen LogP contribution in [-0.2, 0) is 16.1 Å². The first-order chi connectivity index (χ1) is 16.6. The molecule has 1 amide bonds. The van der Waals surface area contributed by atoms with E-state index in [-0.39, 0.29) is 13.2 Å². The molecule has 8 heteroatoms. The Kier molecular flexibility index (Phi) is 7.39. The number of hydrogen-bond donors (Lipinski definition) is 0. The summed E-state index contributed by atoms with van der Waals surface area (Å²) in [5.41, 5.74) is 1.08. The molecule has 3 aromatic carbocycles. The van der Waals surface area contributed by atoms with E-state index in [1.807, 2.05) is 55.5 Å². The summed E-state index contributed by atoms with van der Waals surface area (Å²) in [5.74, 6) is 0.958. The zero-order chi connectivity index (χ0) is 23.9. The molecular weight excluding hydrogens is 452 g/mol. The third-order valence-corrected chi connectivity index (χ3v) is 5.86. The molecule has 4 rings (SSSR count). The number of thiazole rings is 1. The largest absolute Gasteiger partial charge is 0.492 e. The Hall–Kier alpha value is -3.91. The van der Waals surface area contributed by atoms with Gasteiger partial charge in [-0.15, -0.1) is 0 Å². The van der Waals surface area contributed by atoms with Crippen molar-refractivity contribution in [1.29, 1.82) is 0 Å². The average Bonchev–Trinajstić information content (AvgIpc) is 3.18. The summed E-state index contributed by atoms with van der Waals surface area (Å²) in [6.07, 6.45) is 0. The third kappa shape index (κ3) is 5.35. The fourth-order valence-corrected chi connectivity index (χ4v) is 4.45. The van der Waals surface area contributed by atoms with Gasteiger partial charge in [0.25, 0.3) is 5.91 Å². The van der Waals surface area contributed by atoms with E-state index in [2.05, 4.69) is 4.99 Å². The second-order valence-electron chi connectivity index (χ2n) is 7.17. The highest BCUT2D eigenvalue weighted by Gasteiger charge is 2.16. The highest BCUT2D eigenvalue weighted by Crippen LogP contribution is 2.28. The quantitative estimate of drug-likeness (QED) is 0.327. The number of rotatable bonds is 8. The van der Waals surface area contributed by atoms with Crippen molar-refractivity contribution < 1.29 is 23.8 Å². The van der Waals surface area contributed by atoms with Crippen molar-refractivity contribution in [3.8, 4) is 17.2 Å². The number of para-hydroxylation sites is 2. The van der Waals surface area contributed by atoms with Gasteiger partial charge in [-0.3, -0.25) is 9.59 Å². The van der Waals surface area contributed by atoms with Crippen LogP contribution in [0.4, 0.5) is 0 Å². The topological polar surface area (TPSA) is 79.1 Å². The summed E-state index contributed by atoms with van der Waals surface area (Å²) in [6.45, 7) is 4.29. The molecule has 4 aromatic rings. The number of benzene rings is 3. The predicted molar refractivity (Wildman–Crippen MR) is 130 cm³/mol. The first-order valence-electron chi connectivity index (χ1n) is 10.9. The molecule has 0 spiro atoms. The summed E-state index contributed by atoms with van der Waals surface area (Å²) in [5, 5.41) is 0. The van der Waals surface area contributed by atoms with Gasteiger partial charge in [0.05, 0.1) is 17.9 Å². The van der Waals surface area contributed by atoms with Gasteiger partial charge in [-0.2, -0.15) is 4.99 Å². The van der Waals surface area contributed by atoms with Crippen LogP contribution in [0, 0.1) is 0 Å². The van der Waals surface area contributed by atoms with E-state index in [4.69, 9.17) is 14.2 Å². The lowest BCUT2D eigenvalue weighted by Crippen LogP contribution is -2.23. The maximum absolute atomic E-state index is 13.1. The fourth-order valence-electron chi connectivity index (χ4n) is 3.41. The Bertz CT molecular complexity index is 1370. The lowest BCUT2D eigenvalue weighted by atomic mass is 10.2. The minimum absolute atomic E-state index is 0.0821. The fraction of sp³-hybridized carbons (Fsp3) is 0.192. The van der Waals surface area contributed by atoms with Crippen LogP contribution in [0.2, 0.25) is 0 Å². The van der Waals surface area contributed by atoms with Gasteiger partial charge in [0.2, 0.25) is 0 Å². The first kappa shape index (κ1) is 23.3. The van der Waals surface area contributed by atoms with Crippen molar-refractivity contribution in [1.82, 2.24) is 4.57 Å². The predicted octanol–water partition coefficient (Wildman–Crippen LogP) is 5.20. The highest BCUT2D eigenvalue weighted by atomic mass is 32.1. The second-order valence-corrected chi connectivity index (χ2v) is 8.18. The second kappa shape index (κ2) is 10.8. The van der Waals surface area contributed by atoms with Gasteiger partial charge in [-0.05, 0) is 56.3 Å². The number of carbonyl (C=O) groups is 2. The van der Waals surface area contributed by atoms with Crippen LogP contribution in [0.25, 0.3) is 10.2 Å². The summed E-state index contributed by atoms with van der Waals surface area (Å²) in [7, 11) is 0. The first-order valence-corrected chi connectivity index (χ1v) is 11.7. The molecule has 1 aromatic heterocycles. The molecule has 0 saturated heterocycles. The number of amides is 1. The maximum Gasteiger partial charge on any atom is 0.326 e. The lowest BCUT2D eigenvalue weighted by Gasteiger charge is -2.09. The van der Waals surface area contributed by atoms with E-state index < -0.39 is 11.9 Å². The molecule has 0 bridgehead atoms. The van der Waals surface area contributed by atoms with E-state index in [0.717, 1.165) is 4.70 Å². The van der Waals surface area contributed by atoms with Crippen molar-refractivity contribution in [3.05, 3.63) is 83.2 Å².